The van der Waals surface area contributed by atoms with Gasteiger partial charge in [0.1, 0.15) is 0 Å². The van der Waals surface area contributed by atoms with Gasteiger partial charge in [0, 0.05) is 47.0 Å². The largest absolute Gasteiger partial charge is 0.385 e. The lowest BCUT2D eigenvalue weighted by Crippen LogP contribution is -2.49. The summed E-state index contributed by atoms with van der Waals surface area (Å²) in [6, 6.07) is 0. The number of methoxy groups -OCH3 is 1. The lowest BCUT2D eigenvalue weighted by Gasteiger charge is -2.36. The zero-order chi connectivity index (χ0) is 18.0. The second-order valence-corrected chi connectivity index (χ2v) is 8.07. The maximum absolute atomic E-state index is 5.94. The van der Waals surface area contributed by atoms with E-state index in [1.807, 2.05) is 7.05 Å². The van der Waals surface area contributed by atoms with Gasteiger partial charge in [-0.3, -0.25) is 4.99 Å². The Balaban J connectivity index is 2.33. The van der Waals surface area contributed by atoms with E-state index in [1.165, 1.54) is 6.42 Å². The molecule has 0 spiro atoms. The standard InChI is InChI=1S/C19H39N3O2/c1-16(2)14-19(3,4)15-21-18(20-5)22-10-8-17(9-11-22)24-13-7-12-23-6/h16-17H,7-15H2,1-6H3,(H,20,21). The summed E-state index contributed by atoms with van der Waals surface area (Å²) in [6.07, 6.45) is 4.72. The van der Waals surface area contributed by atoms with Crippen LogP contribution in [0.2, 0.25) is 0 Å². The van der Waals surface area contributed by atoms with Gasteiger partial charge in [-0.2, -0.15) is 0 Å². The normalized spacial score (nSPS) is 17.6. The third kappa shape index (κ3) is 8.34. The van der Waals surface area contributed by atoms with Crippen LogP contribution in [0.1, 0.15) is 53.4 Å². The second kappa shape index (κ2) is 10.9. The molecular formula is C19H39N3O2. The molecule has 0 aliphatic carbocycles. The highest BCUT2D eigenvalue weighted by molar-refractivity contribution is 5.80. The number of ether oxygens (including phenoxy) is 2. The molecule has 24 heavy (non-hydrogen) atoms. The number of rotatable bonds is 9. The molecule has 1 fully saturated rings. The van der Waals surface area contributed by atoms with Gasteiger partial charge in [0.25, 0.3) is 0 Å². The summed E-state index contributed by atoms with van der Waals surface area (Å²) in [5, 5.41) is 3.58. The number of nitrogens with one attached hydrogen (secondary N) is 1. The Morgan fingerprint density at radius 1 is 1.25 bits per heavy atom. The summed E-state index contributed by atoms with van der Waals surface area (Å²) in [7, 11) is 3.62. The molecule has 5 heteroatoms. The van der Waals surface area contributed by atoms with Gasteiger partial charge in [-0.25, -0.2) is 0 Å². The van der Waals surface area contributed by atoms with Crippen LogP contribution in [0.25, 0.3) is 0 Å². The number of nitrogens with zero attached hydrogens (tertiary/aromatic N) is 2. The third-order valence-electron chi connectivity index (χ3n) is 4.49. The summed E-state index contributed by atoms with van der Waals surface area (Å²) in [4.78, 5) is 6.84. The molecule has 0 saturated carbocycles. The van der Waals surface area contributed by atoms with Crippen molar-refractivity contribution in [2.45, 2.75) is 59.5 Å². The summed E-state index contributed by atoms with van der Waals surface area (Å²) in [6.45, 7) is 13.8. The van der Waals surface area contributed by atoms with Gasteiger partial charge in [0.15, 0.2) is 5.96 Å². The lowest BCUT2D eigenvalue weighted by atomic mass is 9.84. The number of piperidine rings is 1. The molecule has 142 valence electrons. The zero-order valence-corrected chi connectivity index (χ0v) is 16.7. The van der Waals surface area contributed by atoms with Crippen molar-refractivity contribution in [1.29, 1.82) is 0 Å². The average Bonchev–Trinajstić information content (AvgIpc) is 2.52. The highest BCUT2D eigenvalue weighted by atomic mass is 16.5. The molecule has 0 aromatic heterocycles. The van der Waals surface area contributed by atoms with Gasteiger partial charge in [0.2, 0.25) is 0 Å². The fourth-order valence-corrected chi connectivity index (χ4v) is 3.52. The summed E-state index contributed by atoms with van der Waals surface area (Å²) < 4.78 is 11.0. The van der Waals surface area contributed by atoms with Crippen molar-refractivity contribution in [1.82, 2.24) is 10.2 Å². The smallest absolute Gasteiger partial charge is 0.193 e. The summed E-state index contributed by atoms with van der Waals surface area (Å²) >= 11 is 0. The summed E-state index contributed by atoms with van der Waals surface area (Å²) in [5.74, 6) is 1.75. The van der Waals surface area contributed by atoms with Crippen LogP contribution in [0, 0.1) is 11.3 Å². The van der Waals surface area contributed by atoms with Crippen molar-refractivity contribution in [3.8, 4) is 0 Å². The van der Waals surface area contributed by atoms with E-state index in [-0.39, 0.29) is 5.41 Å². The van der Waals surface area contributed by atoms with Crippen LogP contribution in [-0.4, -0.2) is 64.0 Å². The van der Waals surface area contributed by atoms with Crippen LogP contribution in [0.5, 0.6) is 0 Å². The van der Waals surface area contributed by atoms with Crippen molar-refractivity contribution in [3.63, 3.8) is 0 Å². The maximum atomic E-state index is 5.94. The zero-order valence-electron chi connectivity index (χ0n) is 16.7. The van der Waals surface area contributed by atoms with Crippen molar-refractivity contribution in [2.75, 3.05) is 47.0 Å². The average molecular weight is 342 g/mol. The molecule has 0 aromatic carbocycles. The van der Waals surface area contributed by atoms with Crippen LogP contribution >= 0.6 is 0 Å². The first kappa shape index (κ1) is 21.2. The highest BCUT2D eigenvalue weighted by Crippen LogP contribution is 2.24. The number of guanidine groups is 1. The monoisotopic (exact) mass is 341 g/mol. The van der Waals surface area contributed by atoms with Crippen LogP contribution in [0.4, 0.5) is 0 Å². The maximum Gasteiger partial charge on any atom is 0.193 e. The molecule has 1 N–H and O–H groups in total. The van der Waals surface area contributed by atoms with E-state index in [2.05, 4.69) is 42.9 Å². The molecule has 0 amide bonds. The van der Waals surface area contributed by atoms with Gasteiger partial charge in [-0.05, 0) is 37.0 Å². The molecule has 0 bridgehead atoms. The predicted octanol–water partition coefficient (Wildman–Crippen LogP) is 3.15. The Morgan fingerprint density at radius 2 is 1.92 bits per heavy atom. The molecule has 1 aliphatic rings. The summed E-state index contributed by atoms with van der Waals surface area (Å²) in [5.41, 5.74) is 0.285. The molecule has 0 radical (unpaired) electrons. The minimum absolute atomic E-state index is 0.285. The Hall–Kier alpha value is -0.810. The first-order valence-electron chi connectivity index (χ1n) is 9.44. The van der Waals surface area contributed by atoms with Crippen molar-refractivity contribution in [3.05, 3.63) is 0 Å². The predicted molar refractivity (Wildman–Crippen MR) is 102 cm³/mol. The molecule has 1 rings (SSSR count). The van der Waals surface area contributed by atoms with E-state index in [9.17, 15) is 0 Å². The number of hydrogen-bond donors (Lipinski definition) is 1. The fraction of sp³-hybridized carbons (Fsp3) is 0.947. The SMILES string of the molecule is CN=C(NCC(C)(C)CC(C)C)N1CCC(OCCCOC)CC1. The van der Waals surface area contributed by atoms with E-state index in [1.54, 1.807) is 7.11 Å². The second-order valence-electron chi connectivity index (χ2n) is 8.07. The van der Waals surface area contributed by atoms with Gasteiger partial charge in [-0.1, -0.05) is 27.7 Å². The van der Waals surface area contributed by atoms with E-state index in [0.717, 1.165) is 64.0 Å². The van der Waals surface area contributed by atoms with E-state index >= 15 is 0 Å². The minimum Gasteiger partial charge on any atom is -0.385 e. The minimum atomic E-state index is 0.285. The molecule has 0 aromatic rings. The molecule has 0 atom stereocenters. The fourth-order valence-electron chi connectivity index (χ4n) is 3.52. The quantitative estimate of drug-likeness (QED) is 0.397. The van der Waals surface area contributed by atoms with Gasteiger partial charge >= 0.3 is 0 Å². The molecule has 5 nitrogen and oxygen atoms in total. The van der Waals surface area contributed by atoms with Crippen molar-refractivity contribution in [2.24, 2.45) is 16.3 Å². The van der Waals surface area contributed by atoms with Gasteiger partial charge in [0.05, 0.1) is 6.10 Å². The number of hydrogen-bond acceptors (Lipinski definition) is 3. The highest BCUT2D eigenvalue weighted by Gasteiger charge is 2.24. The van der Waals surface area contributed by atoms with E-state index in [4.69, 9.17) is 9.47 Å². The Morgan fingerprint density at radius 3 is 2.46 bits per heavy atom. The van der Waals surface area contributed by atoms with Crippen molar-refractivity contribution >= 4 is 5.96 Å². The Labute approximate surface area is 149 Å². The third-order valence-corrected chi connectivity index (χ3v) is 4.49. The van der Waals surface area contributed by atoms with Crippen molar-refractivity contribution < 1.29 is 9.47 Å². The number of likely N-dealkylation sites (tertiary alicyclic amines) is 1. The van der Waals surface area contributed by atoms with Crippen LogP contribution < -0.4 is 5.32 Å². The van der Waals surface area contributed by atoms with E-state index in [0.29, 0.717) is 6.10 Å². The van der Waals surface area contributed by atoms with Gasteiger partial charge in [-0.15, -0.1) is 0 Å². The lowest BCUT2D eigenvalue weighted by molar-refractivity contribution is 0.00982. The van der Waals surface area contributed by atoms with Gasteiger partial charge < -0.3 is 19.7 Å². The van der Waals surface area contributed by atoms with Crippen LogP contribution in [-0.2, 0) is 9.47 Å². The molecule has 0 unspecified atom stereocenters. The Kier molecular flexibility index (Phi) is 9.67. The van der Waals surface area contributed by atoms with Crippen LogP contribution in [0.3, 0.4) is 0 Å². The topological polar surface area (TPSA) is 46.1 Å². The first-order chi connectivity index (χ1) is 11.4. The molecular weight excluding hydrogens is 302 g/mol. The van der Waals surface area contributed by atoms with Crippen LogP contribution in [0.15, 0.2) is 4.99 Å². The molecule has 1 aliphatic heterocycles. The molecule has 1 heterocycles. The number of aliphatic imine (C=N–C) groups is 1. The Bertz CT molecular complexity index is 362. The first-order valence-corrected chi connectivity index (χ1v) is 9.44. The molecule has 1 saturated heterocycles. The van der Waals surface area contributed by atoms with E-state index < -0.39 is 0 Å².